The van der Waals surface area contributed by atoms with Gasteiger partial charge in [-0.15, -0.1) is 0 Å². The minimum absolute atomic E-state index is 0.0644. The molecule has 0 atom stereocenters. The van der Waals surface area contributed by atoms with Gasteiger partial charge in [-0.2, -0.15) is 5.10 Å². The Bertz CT molecular complexity index is 1480. The number of benzene rings is 2. The average Bonchev–Trinajstić information content (AvgIpc) is 3.48. The zero-order chi connectivity index (χ0) is 23.8. The monoisotopic (exact) mass is 473 g/mol. The van der Waals surface area contributed by atoms with E-state index in [9.17, 15) is 9.59 Å². The van der Waals surface area contributed by atoms with E-state index in [1.54, 1.807) is 11.6 Å². The van der Waals surface area contributed by atoms with E-state index in [4.69, 9.17) is 10.8 Å². The van der Waals surface area contributed by atoms with E-state index >= 15 is 0 Å². The van der Waals surface area contributed by atoms with Gasteiger partial charge in [-0.25, -0.2) is 4.79 Å². The Morgan fingerprint density at radius 1 is 1.09 bits per heavy atom. The van der Waals surface area contributed by atoms with Gasteiger partial charge in [-0.1, -0.05) is 73.6 Å². The third-order valence-electron chi connectivity index (χ3n) is 6.43. The summed E-state index contributed by atoms with van der Waals surface area (Å²) in [4.78, 5) is 27.6. The van der Waals surface area contributed by atoms with E-state index < -0.39 is 0 Å². The van der Waals surface area contributed by atoms with Gasteiger partial charge in [0, 0.05) is 23.7 Å². The lowest BCUT2D eigenvalue weighted by Crippen LogP contribution is -2.39. The molecular formula is C26H27N5O2S. The van der Waals surface area contributed by atoms with E-state index in [0.29, 0.717) is 23.3 Å². The standard InChI is InChI=1S/C26H27N5O2S/c1-17(27)19-14-12-18(13-15-19)16-30-25(34-21-10-4-3-5-11-21)22-23(28-30)31(20-8-6-7-9-20)26(33)29(2)24(22)32/h3-5,10-15,20H,1,6-9,16,27H2,2H3. The second-order valence-corrected chi connectivity index (χ2v) is 9.82. The van der Waals surface area contributed by atoms with Crippen LogP contribution >= 0.6 is 11.8 Å². The Labute approximate surface area is 201 Å². The smallest absolute Gasteiger partial charge is 0.332 e. The second-order valence-electron chi connectivity index (χ2n) is 8.75. The third-order valence-corrected chi connectivity index (χ3v) is 7.55. The van der Waals surface area contributed by atoms with Crippen LogP contribution in [0.3, 0.4) is 0 Å². The number of fused-ring (bicyclic) bond motifs is 1. The number of aromatic nitrogens is 4. The molecule has 0 spiro atoms. The molecule has 34 heavy (non-hydrogen) atoms. The molecule has 1 saturated carbocycles. The summed E-state index contributed by atoms with van der Waals surface area (Å²) in [6, 6.07) is 17.8. The molecule has 7 nitrogen and oxygen atoms in total. The van der Waals surface area contributed by atoms with Crippen LogP contribution in [-0.4, -0.2) is 18.9 Å². The number of nitrogens with two attached hydrogens (primary N) is 1. The van der Waals surface area contributed by atoms with Crippen molar-refractivity contribution in [2.24, 2.45) is 12.8 Å². The molecule has 0 radical (unpaired) electrons. The number of rotatable bonds is 6. The Balaban J connectivity index is 1.71. The van der Waals surface area contributed by atoms with Crippen molar-refractivity contribution >= 4 is 28.5 Å². The average molecular weight is 474 g/mol. The first-order chi connectivity index (χ1) is 16.4. The summed E-state index contributed by atoms with van der Waals surface area (Å²) in [5, 5.41) is 6.10. The fourth-order valence-electron chi connectivity index (χ4n) is 4.60. The molecule has 0 saturated heterocycles. The highest BCUT2D eigenvalue weighted by Gasteiger charge is 2.27. The predicted molar refractivity (Wildman–Crippen MR) is 136 cm³/mol. The number of hydrogen-bond donors (Lipinski definition) is 1. The lowest BCUT2D eigenvalue weighted by atomic mass is 10.1. The van der Waals surface area contributed by atoms with Crippen molar-refractivity contribution in [2.45, 2.75) is 48.2 Å². The topological polar surface area (TPSA) is 87.8 Å². The van der Waals surface area contributed by atoms with Crippen molar-refractivity contribution < 1.29 is 0 Å². The van der Waals surface area contributed by atoms with Crippen molar-refractivity contribution in [3.8, 4) is 0 Å². The van der Waals surface area contributed by atoms with Crippen LogP contribution in [0.4, 0.5) is 0 Å². The molecule has 0 aliphatic heterocycles. The lowest BCUT2D eigenvalue weighted by Gasteiger charge is -2.15. The molecule has 1 aliphatic carbocycles. The zero-order valence-electron chi connectivity index (χ0n) is 19.1. The molecule has 4 aromatic rings. The van der Waals surface area contributed by atoms with E-state index in [-0.39, 0.29) is 17.3 Å². The van der Waals surface area contributed by atoms with Crippen LogP contribution in [0.1, 0.15) is 42.9 Å². The summed E-state index contributed by atoms with van der Waals surface area (Å²) in [6.07, 6.45) is 4.00. The highest BCUT2D eigenvalue weighted by Crippen LogP contribution is 2.35. The van der Waals surface area contributed by atoms with Crippen LogP contribution in [0.25, 0.3) is 16.7 Å². The number of nitrogens with zero attached hydrogens (tertiary/aromatic N) is 4. The maximum Gasteiger partial charge on any atom is 0.332 e. The van der Waals surface area contributed by atoms with Crippen molar-refractivity contribution in [3.63, 3.8) is 0 Å². The summed E-state index contributed by atoms with van der Waals surface area (Å²) in [6.45, 7) is 4.25. The van der Waals surface area contributed by atoms with Crippen LogP contribution in [0.5, 0.6) is 0 Å². The highest BCUT2D eigenvalue weighted by atomic mass is 32.2. The first-order valence-corrected chi connectivity index (χ1v) is 12.2. The van der Waals surface area contributed by atoms with Gasteiger partial charge >= 0.3 is 5.69 Å². The molecule has 2 aromatic carbocycles. The van der Waals surface area contributed by atoms with Crippen LogP contribution in [-0.2, 0) is 13.6 Å². The second kappa shape index (κ2) is 9.02. The van der Waals surface area contributed by atoms with Gasteiger partial charge in [0.15, 0.2) is 5.65 Å². The maximum atomic E-state index is 13.4. The van der Waals surface area contributed by atoms with Gasteiger partial charge in [0.1, 0.15) is 10.4 Å². The minimum atomic E-state index is -0.311. The molecular weight excluding hydrogens is 446 g/mol. The van der Waals surface area contributed by atoms with Gasteiger partial charge in [-0.05, 0) is 36.1 Å². The van der Waals surface area contributed by atoms with E-state index in [1.165, 1.54) is 16.3 Å². The molecule has 1 fully saturated rings. The third kappa shape index (κ3) is 3.98. The normalized spacial score (nSPS) is 14.1. The molecule has 174 valence electrons. The van der Waals surface area contributed by atoms with Crippen molar-refractivity contribution in [3.05, 3.63) is 93.1 Å². The Morgan fingerprint density at radius 2 is 1.76 bits per heavy atom. The van der Waals surface area contributed by atoms with Crippen LogP contribution in [0, 0.1) is 0 Å². The van der Waals surface area contributed by atoms with Crippen molar-refractivity contribution in [2.75, 3.05) is 0 Å². The van der Waals surface area contributed by atoms with E-state index in [1.807, 2.05) is 59.3 Å². The molecule has 2 N–H and O–H groups in total. The lowest BCUT2D eigenvalue weighted by molar-refractivity contribution is 0.486. The van der Waals surface area contributed by atoms with E-state index in [2.05, 4.69) is 6.58 Å². The molecule has 0 bridgehead atoms. The predicted octanol–water partition coefficient (Wildman–Crippen LogP) is 4.14. The maximum absolute atomic E-state index is 13.4. The Kier molecular flexibility index (Phi) is 5.91. The van der Waals surface area contributed by atoms with Crippen molar-refractivity contribution in [1.82, 2.24) is 18.9 Å². The van der Waals surface area contributed by atoms with Crippen LogP contribution in [0.15, 0.2) is 80.7 Å². The van der Waals surface area contributed by atoms with Crippen LogP contribution < -0.4 is 17.0 Å². The quantitative estimate of drug-likeness (QED) is 0.455. The number of hydrogen-bond acceptors (Lipinski definition) is 5. The summed E-state index contributed by atoms with van der Waals surface area (Å²) in [7, 11) is 1.56. The van der Waals surface area contributed by atoms with Gasteiger partial charge in [0.05, 0.1) is 6.54 Å². The summed E-state index contributed by atoms with van der Waals surface area (Å²) < 4.78 is 4.82. The van der Waals surface area contributed by atoms with Gasteiger partial charge < -0.3 is 5.73 Å². The molecule has 0 unspecified atom stereocenters. The molecule has 8 heteroatoms. The van der Waals surface area contributed by atoms with Gasteiger partial charge in [0.2, 0.25) is 0 Å². The van der Waals surface area contributed by atoms with Crippen LogP contribution in [0.2, 0.25) is 0 Å². The minimum Gasteiger partial charge on any atom is -0.399 e. The summed E-state index contributed by atoms with van der Waals surface area (Å²) in [5.41, 5.74) is 8.08. The van der Waals surface area contributed by atoms with Crippen molar-refractivity contribution in [1.29, 1.82) is 0 Å². The Hall–Kier alpha value is -3.52. The van der Waals surface area contributed by atoms with Gasteiger partial charge in [0.25, 0.3) is 5.56 Å². The molecule has 0 amide bonds. The van der Waals surface area contributed by atoms with Gasteiger partial charge in [-0.3, -0.25) is 18.6 Å². The SMILES string of the molecule is C=C(N)c1ccc(Cn2nc3c(c2Sc2ccccc2)c(=O)n(C)c(=O)n3C2CCCC2)cc1. The molecule has 1 aliphatic rings. The fraction of sp³-hybridized carbons (Fsp3) is 0.269. The molecule has 2 aromatic heterocycles. The first kappa shape index (κ1) is 22.3. The molecule has 5 rings (SSSR count). The largest absolute Gasteiger partial charge is 0.399 e. The summed E-state index contributed by atoms with van der Waals surface area (Å²) in [5.74, 6) is 0. The fourth-order valence-corrected chi connectivity index (χ4v) is 5.60. The summed E-state index contributed by atoms with van der Waals surface area (Å²) >= 11 is 1.50. The Morgan fingerprint density at radius 3 is 2.41 bits per heavy atom. The zero-order valence-corrected chi connectivity index (χ0v) is 19.9. The van der Waals surface area contributed by atoms with E-state index in [0.717, 1.165) is 46.7 Å². The highest BCUT2D eigenvalue weighted by molar-refractivity contribution is 7.99. The molecule has 2 heterocycles. The first-order valence-electron chi connectivity index (χ1n) is 11.4.